The summed E-state index contributed by atoms with van der Waals surface area (Å²) >= 11 is 0. The highest BCUT2D eigenvalue weighted by Gasteiger charge is 2.40. The van der Waals surface area contributed by atoms with Gasteiger partial charge < -0.3 is 10.4 Å². The maximum absolute atomic E-state index is 11.3. The summed E-state index contributed by atoms with van der Waals surface area (Å²) < 4.78 is 0. The van der Waals surface area contributed by atoms with Gasteiger partial charge in [0.05, 0.1) is 0 Å². The molecule has 0 fully saturated rings. The van der Waals surface area contributed by atoms with Crippen molar-refractivity contribution in [3.63, 3.8) is 0 Å². The molecule has 2 N–H and O–H groups in total. The van der Waals surface area contributed by atoms with Crippen molar-refractivity contribution in [2.24, 2.45) is 5.92 Å². The number of aliphatic carboxylic acids is 1. The van der Waals surface area contributed by atoms with Gasteiger partial charge in [-0.3, -0.25) is 0 Å². The fourth-order valence-corrected chi connectivity index (χ4v) is 2.96. The zero-order valence-electron chi connectivity index (χ0n) is 9.68. The molecule has 3 heteroatoms. The van der Waals surface area contributed by atoms with Crippen LogP contribution in [0.4, 0.5) is 5.69 Å². The summed E-state index contributed by atoms with van der Waals surface area (Å²) in [6, 6.07) is 5.70. The smallest absolute Gasteiger partial charge is 0.326 e. The molecule has 1 heterocycles. The lowest BCUT2D eigenvalue weighted by Crippen LogP contribution is -2.41. The molecule has 2 aliphatic rings. The van der Waals surface area contributed by atoms with Gasteiger partial charge >= 0.3 is 5.97 Å². The predicted octanol–water partition coefficient (Wildman–Crippen LogP) is 2.53. The molecule has 1 aliphatic heterocycles. The number of hydrogen-bond donors (Lipinski definition) is 2. The largest absolute Gasteiger partial charge is 0.480 e. The van der Waals surface area contributed by atoms with Gasteiger partial charge in [-0.2, -0.15) is 0 Å². The summed E-state index contributed by atoms with van der Waals surface area (Å²) in [7, 11) is 0. The van der Waals surface area contributed by atoms with Crippen molar-refractivity contribution in [2.75, 3.05) is 5.32 Å². The number of benzene rings is 1. The van der Waals surface area contributed by atoms with Gasteiger partial charge in [0.25, 0.3) is 0 Å². The first-order valence-corrected chi connectivity index (χ1v) is 5.93. The van der Waals surface area contributed by atoms with Crippen LogP contribution in [0.25, 0.3) is 0 Å². The Morgan fingerprint density at radius 3 is 3.06 bits per heavy atom. The van der Waals surface area contributed by atoms with Gasteiger partial charge in [0.1, 0.15) is 6.04 Å². The van der Waals surface area contributed by atoms with Crippen LogP contribution in [0.15, 0.2) is 30.4 Å². The number of allylic oxidation sites excluding steroid dienone is 2. The quantitative estimate of drug-likeness (QED) is 0.727. The summed E-state index contributed by atoms with van der Waals surface area (Å²) in [6.07, 6.45) is 5.10. The average Bonchev–Trinajstić information content (AvgIpc) is 2.76. The number of aryl methyl sites for hydroxylation is 1. The van der Waals surface area contributed by atoms with Crippen LogP contribution < -0.4 is 5.32 Å². The molecule has 0 saturated carbocycles. The fraction of sp³-hybridized carbons (Fsp3) is 0.357. The van der Waals surface area contributed by atoms with E-state index < -0.39 is 12.0 Å². The van der Waals surface area contributed by atoms with Crippen molar-refractivity contribution in [3.05, 3.63) is 41.5 Å². The van der Waals surface area contributed by atoms with Crippen molar-refractivity contribution >= 4 is 11.7 Å². The summed E-state index contributed by atoms with van der Waals surface area (Å²) in [4.78, 5) is 11.3. The van der Waals surface area contributed by atoms with Crippen molar-refractivity contribution in [3.8, 4) is 0 Å². The summed E-state index contributed by atoms with van der Waals surface area (Å²) in [5.41, 5.74) is 3.43. The van der Waals surface area contributed by atoms with Crippen LogP contribution >= 0.6 is 0 Å². The molecule has 88 valence electrons. The number of carboxylic acid groups (broad SMARTS) is 1. The Morgan fingerprint density at radius 1 is 1.47 bits per heavy atom. The van der Waals surface area contributed by atoms with Gasteiger partial charge in [-0.15, -0.1) is 0 Å². The molecule has 0 bridgehead atoms. The Kier molecular flexibility index (Phi) is 2.21. The maximum atomic E-state index is 11.3. The summed E-state index contributed by atoms with van der Waals surface area (Å²) in [6.45, 7) is 2.07. The number of carboxylic acids is 1. The van der Waals surface area contributed by atoms with Crippen LogP contribution in [0, 0.1) is 12.8 Å². The molecule has 0 saturated heterocycles. The van der Waals surface area contributed by atoms with E-state index in [1.165, 1.54) is 11.1 Å². The minimum Gasteiger partial charge on any atom is -0.480 e. The van der Waals surface area contributed by atoms with Crippen LogP contribution in [0.2, 0.25) is 0 Å². The molecule has 0 aromatic heterocycles. The molecule has 0 amide bonds. The van der Waals surface area contributed by atoms with Gasteiger partial charge in [0.15, 0.2) is 0 Å². The van der Waals surface area contributed by atoms with Gasteiger partial charge in [0.2, 0.25) is 0 Å². The third-order valence-electron chi connectivity index (χ3n) is 3.78. The monoisotopic (exact) mass is 229 g/mol. The standard InChI is InChI=1S/C14H15NO2/c1-8-5-6-12-11(7-8)9-3-2-4-10(9)13(15-12)14(16)17/h2-3,5-7,9-10,13,15H,4H2,1H3,(H,16,17)/t9-,10-,13-/m1/s1. The topological polar surface area (TPSA) is 49.3 Å². The second kappa shape index (κ2) is 3.62. The van der Waals surface area contributed by atoms with Gasteiger partial charge in [0, 0.05) is 17.5 Å². The fourth-order valence-electron chi connectivity index (χ4n) is 2.96. The molecule has 17 heavy (non-hydrogen) atoms. The number of fused-ring (bicyclic) bond motifs is 3. The predicted molar refractivity (Wildman–Crippen MR) is 66.2 cm³/mol. The number of carbonyl (C=O) groups is 1. The lowest BCUT2D eigenvalue weighted by Gasteiger charge is -2.34. The summed E-state index contributed by atoms with van der Waals surface area (Å²) in [5, 5.41) is 12.4. The van der Waals surface area contributed by atoms with Crippen molar-refractivity contribution in [2.45, 2.75) is 25.3 Å². The van der Waals surface area contributed by atoms with Crippen LogP contribution in [0.3, 0.4) is 0 Å². The van der Waals surface area contributed by atoms with Crippen LogP contribution in [-0.2, 0) is 4.79 Å². The van der Waals surface area contributed by atoms with E-state index in [0.29, 0.717) is 0 Å². The van der Waals surface area contributed by atoms with Crippen molar-refractivity contribution in [1.82, 2.24) is 0 Å². The highest BCUT2D eigenvalue weighted by Crippen LogP contribution is 2.44. The summed E-state index contributed by atoms with van der Waals surface area (Å²) in [5.74, 6) is -0.344. The van der Waals surface area contributed by atoms with E-state index in [2.05, 4.69) is 30.5 Å². The Bertz CT molecular complexity index is 507. The number of nitrogens with one attached hydrogen (secondary N) is 1. The molecule has 3 rings (SSSR count). The molecule has 3 atom stereocenters. The van der Waals surface area contributed by atoms with Crippen LogP contribution in [0.1, 0.15) is 23.5 Å². The molecule has 0 unspecified atom stereocenters. The maximum Gasteiger partial charge on any atom is 0.326 e. The normalized spacial score (nSPS) is 29.4. The van der Waals surface area contributed by atoms with Gasteiger partial charge in [-0.25, -0.2) is 4.79 Å². The lowest BCUT2D eigenvalue weighted by molar-refractivity contribution is -0.139. The van der Waals surface area contributed by atoms with E-state index in [4.69, 9.17) is 0 Å². The third-order valence-corrected chi connectivity index (χ3v) is 3.78. The Morgan fingerprint density at radius 2 is 2.29 bits per heavy atom. The molecule has 1 aromatic carbocycles. The van der Waals surface area contributed by atoms with Gasteiger partial charge in [-0.05, 0) is 25.0 Å². The van der Waals surface area contributed by atoms with E-state index in [0.717, 1.165) is 12.1 Å². The minimum absolute atomic E-state index is 0.154. The van der Waals surface area contributed by atoms with E-state index in [1.54, 1.807) is 0 Å². The second-order valence-electron chi connectivity index (χ2n) is 4.90. The number of rotatable bonds is 1. The molecule has 3 nitrogen and oxygen atoms in total. The van der Waals surface area contributed by atoms with Gasteiger partial charge in [-0.1, -0.05) is 29.8 Å². The molecule has 1 aromatic rings. The molecular formula is C14H15NO2. The average molecular weight is 229 g/mol. The Balaban J connectivity index is 2.09. The molecule has 0 spiro atoms. The molecule has 0 radical (unpaired) electrons. The first-order valence-electron chi connectivity index (χ1n) is 5.93. The zero-order chi connectivity index (χ0) is 12.0. The van der Waals surface area contributed by atoms with E-state index in [9.17, 15) is 9.90 Å². The third kappa shape index (κ3) is 1.54. The first kappa shape index (κ1) is 10.4. The van der Waals surface area contributed by atoms with E-state index in [1.807, 2.05) is 12.1 Å². The number of anilines is 1. The van der Waals surface area contributed by atoms with Crippen LogP contribution in [0.5, 0.6) is 0 Å². The molecule has 1 aliphatic carbocycles. The van der Waals surface area contributed by atoms with Crippen molar-refractivity contribution in [1.29, 1.82) is 0 Å². The van der Waals surface area contributed by atoms with Crippen molar-refractivity contribution < 1.29 is 9.90 Å². The highest BCUT2D eigenvalue weighted by atomic mass is 16.4. The molecular weight excluding hydrogens is 214 g/mol. The van der Waals surface area contributed by atoms with Crippen LogP contribution in [-0.4, -0.2) is 17.1 Å². The van der Waals surface area contributed by atoms with E-state index >= 15 is 0 Å². The first-order chi connectivity index (χ1) is 8.16. The highest BCUT2D eigenvalue weighted by molar-refractivity contribution is 5.80. The zero-order valence-corrected chi connectivity index (χ0v) is 9.68. The SMILES string of the molecule is Cc1ccc2c(c1)[C@@H]1C=CC[C@H]1[C@H](C(=O)O)N2. The minimum atomic E-state index is -0.755. The lowest BCUT2D eigenvalue weighted by atomic mass is 9.79. The van der Waals surface area contributed by atoms with E-state index in [-0.39, 0.29) is 11.8 Å². The Hall–Kier alpha value is -1.77. The number of hydrogen-bond acceptors (Lipinski definition) is 2. The second-order valence-corrected chi connectivity index (χ2v) is 4.90. The Labute approximate surface area is 100 Å².